The Balaban J connectivity index is 1.36. The number of nitriles is 1. The molecule has 2 fully saturated rings. The smallest absolute Gasteiger partial charge is 0.328 e. The number of anilines is 3. The number of aldehydes is 1. The lowest BCUT2D eigenvalue weighted by Crippen LogP contribution is -2.40. The predicted octanol–water partition coefficient (Wildman–Crippen LogP) is 2.55. The molecule has 194 valence electrons. The summed E-state index contributed by atoms with van der Waals surface area (Å²) < 4.78 is 11.1. The number of pyridine rings is 2. The quantitative estimate of drug-likeness (QED) is 0.590. The van der Waals surface area contributed by atoms with Crippen LogP contribution in [0.1, 0.15) is 46.9 Å². The molecule has 5 heterocycles. The van der Waals surface area contributed by atoms with Crippen LogP contribution in [0.3, 0.4) is 0 Å². The molecule has 2 aromatic rings. The Morgan fingerprint density at radius 3 is 2.92 bits per heavy atom. The normalized spacial score (nSPS) is 21.5. The summed E-state index contributed by atoms with van der Waals surface area (Å²) in [5.74, 6) is 0.846. The molecule has 2 aromatic heterocycles. The molecule has 0 aliphatic carbocycles. The Morgan fingerprint density at radius 1 is 1.35 bits per heavy atom. The van der Waals surface area contributed by atoms with Gasteiger partial charge in [-0.2, -0.15) is 5.26 Å². The van der Waals surface area contributed by atoms with Crippen molar-refractivity contribution in [3.8, 4) is 6.07 Å². The first-order valence-corrected chi connectivity index (χ1v) is 12.6. The number of carbonyl (C=O) groups is 2. The highest BCUT2D eigenvalue weighted by Gasteiger charge is 2.29. The highest BCUT2D eigenvalue weighted by atomic mass is 16.5. The molecule has 2 amide bonds. The summed E-state index contributed by atoms with van der Waals surface area (Å²) in [7, 11) is 1.68. The molecule has 5 rings (SSSR count). The van der Waals surface area contributed by atoms with Crippen molar-refractivity contribution in [2.45, 2.75) is 45.1 Å². The molecule has 2 saturated heterocycles. The first-order valence-electron chi connectivity index (χ1n) is 12.6. The molecule has 0 aromatic carbocycles. The zero-order chi connectivity index (χ0) is 25.9. The first-order chi connectivity index (χ1) is 18.0. The third-order valence-corrected chi connectivity index (χ3v) is 7.31. The third-order valence-electron chi connectivity index (χ3n) is 7.31. The number of fused-ring (bicyclic) bond motifs is 1. The Morgan fingerprint density at radius 2 is 2.22 bits per heavy atom. The van der Waals surface area contributed by atoms with Crippen molar-refractivity contribution in [2.24, 2.45) is 0 Å². The number of nitrogens with one attached hydrogen (secondary N) is 1. The number of aryl methyl sites for hydroxylation is 1. The van der Waals surface area contributed by atoms with Crippen LogP contribution in [0.15, 0.2) is 18.3 Å². The summed E-state index contributed by atoms with van der Waals surface area (Å²) in [6.07, 6.45) is 4.75. The zero-order valence-electron chi connectivity index (χ0n) is 21.1. The van der Waals surface area contributed by atoms with Gasteiger partial charge in [0.15, 0.2) is 6.29 Å². The molecule has 11 nitrogen and oxygen atoms in total. The first kappa shape index (κ1) is 25.1. The molecule has 11 heteroatoms. The van der Waals surface area contributed by atoms with Crippen molar-refractivity contribution >= 4 is 29.6 Å². The molecule has 1 N–H and O–H groups in total. The van der Waals surface area contributed by atoms with Gasteiger partial charge in [0.05, 0.1) is 24.0 Å². The summed E-state index contributed by atoms with van der Waals surface area (Å²) in [6.45, 7) is 5.94. The molecule has 0 saturated carbocycles. The van der Waals surface area contributed by atoms with E-state index >= 15 is 0 Å². The van der Waals surface area contributed by atoms with E-state index in [4.69, 9.17) is 9.47 Å². The fraction of sp³-hybridized carbons (Fsp3) is 0.500. The van der Waals surface area contributed by atoms with E-state index in [0.717, 1.165) is 55.5 Å². The van der Waals surface area contributed by atoms with Crippen molar-refractivity contribution in [1.29, 1.82) is 5.26 Å². The number of hydrogen-bond donors (Lipinski definition) is 1. The molecule has 37 heavy (non-hydrogen) atoms. The number of methoxy groups -OCH3 is 1. The highest BCUT2D eigenvalue weighted by molar-refractivity contribution is 6.01. The average molecular weight is 506 g/mol. The maximum absolute atomic E-state index is 13.3. The van der Waals surface area contributed by atoms with Crippen LogP contribution >= 0.6 is 0 Å². The van der Waals surface area contributed by atoms with Crippen LogP contribution in [0.2, 0.25) is 0 Å². The molecule has 0 bridgehead atoms. The van der Waals surface area contributed by atoms with E-state index in [2.05, 4.69) is 31.2 Å². The van der Waals surface area contributed by atoms with E-state index < -0.39 is 0 Å². The zero-order valence-corrected chi connectivity index (χ0v) is 21.1. The third kappa shape index (κ3) is 5.13. The van der Waals surface area contributed by atoms with Gasteiger partial charge in [-0.3, -0.25) is 19.9 Å². The maximum atomic E-state index is 13.3. The van der Waals surface area contributed by atoms with Gasteiger partial charge in [0.25, 0.3) is 0 Å². The van der Waals surface area contributed by atoms with E-state index in [1.54, 1.807) is 18.1 Å². The van der Waals surface area contributed by atoms with Gasteiger partial charge in [-0.05, 0) is 43.4 Å². The number of amides is 2. The minimum atomic E-state index is -0.376. The Bertz CT molecular complexity index is 1230. The largest absolute Gasteiger partial charge is 0.380 e. The Kier molecular flexibility index (Phi) is 7.32. The molecule has 2 atom stereocenters. The topological polar surface area (TPSA) is 124 Å². The Hall–Kier alpha value is -3.59. The predicted molar refractivity (Wildman–Crippen MR) is 137 cm³/mol. The number of nitrogens with zero attached hydrogens (tertiary/aromatic N) is 6. The van der Waals surface area contributed by atoms with Gasteiger partial charge in [-0.1, -0.05) is 0 Å². The highest BCUT2D eigenvalue weighted by Crippen LogP contribution is 2.30. The van der Waals surface area contributed by atoms with Crippen molar-refractivity contribution in [3.05, 3.63) is 40.7 Å². The number of carbonyl (C=O) groups excluding carboxylic acids is 2. The molecule has 3 aliphatic heterocycles. The monoisotopic (exact) mass is 505 g/mol. The van der Waals surface area contributed by atoms with Crippen LogP contribution in [0, 0.1) is 11.3 Å². The van der Waals surface area contributed by atoms with Gasteiger partial charge in [0.1, 0.15) is 29.6 Å². The second-order valence-electron chi connectivity index (χ2n) is 9.55. The lowest BCUT2D eigenvalue weighted by Gasteiger charge is -2.30. The van der Waals surface area contributed by atoms with Crippen molar-refractivity contribution in [3.63, 3.8) is 0 Å². The van der Waals surface area contributed by atoms with Gasteiger partial charge < -0.3 is 14.4 Å². The number of urea groups is 1. The number of aromatic nitrogens is 2. The van der Waals surface area contributed by atoms with Gasteiger partial charge in [-0.25, -0.2) is 14.8 Å². The molecule has 3 aliphatic rings. The minimum absolute atomic E-state index is 0.0106. The van der Waals surface area contributed by atoms with Crippen LogP contribution in [0.4, 0.5) is 22.1 Å². The van der Waals surface area contributed by atoms with Crippen molar-refractivity contribution in [1.82, 2.24) is 14.9 Å². The number of hydrogen-bond acceptors (Lipinski definition) is 9. The summed E-state index contributed by atoms with van der Waals surface area (Å²) >= 11 is 0. The second kappa shape index (κ2) is 10.8. The maximum Gasteiger partial charge on any atom is 0.328 e. The fourth-order valence-electron chi connectivity index (χ4n) is 5.22. The summed E-state index contributed by atoms with van der Waals surface area (Å²) in [6, 6.07) is 5.53. The van der Waals surface area contributed by atoms with E-state index in [1.807, 2.05) is 13.0 Å². The summed E-state index contributed by atoms with van der Waals surface area (Å²) in [4.78, 5) is 40.0. The lowest BCUT2D eigenvalue weighted by molar-refractivity contribution is 0.0457. The molecule has 2 unspecified atom stereocenters. The lowest BCUT2D eigenvalue weighted by atomic mass is 10.0. The van der Waals surface area contributed by atoms with Crippen LogP contribution < -0.4 is 15.1 Å². The second-order valence-corrected chi connectivity index (χ2v) is 9.55. The summed E-state index contributed by atoms with van der Waals surface area (Å²) in [5, 5.41) is 12.4. The van der Waals surface area contributed by atoms with Gasteiger partial charge in [0.2, 0.25) is 0 Å². The fourth-order valence-corrected chi connectivity index (χ4v) is 5.22. The number of ether oxygens (including phenoxy) is 2. The molecular weight excluding hydrogens is 474 g/mol. The van der Waals surface area contributed by atoms with E-state index in [0.29, 0.717) is 49.1 Å². The average Bonchev–Trinajstić information content (AvgIpc) is 3.56. The minimum Gasteiger partial charge on any atom is -0.380 e. The van der Waals surface area contributed by atoms with Gasteiger partial charge >= 0.3 is 6.03 Å². The van der Waals surface area contributed by atoms with Crippen molar-refractivity contribution in [2.75, 3.05) is 55.0 Å². The van der Waals surface area contributed by atoms with Crippen molar-refractivity contribution < 1.29 is 19.1 Å². The van der Waals surface area contributed by atoms with Crippen LogP contribution in [0.25, 0.3) is 0 Å². The van der Waals surface area contributed by atoms with Gasteiger partial charge in [0, 0.05) is 52.1 Å². The molecule has 0 spiro atoms. The SMILES string of the molecule is COC1CCN(c2cc(NC(=O)N3CCCc4cc(CN5CCOC5C)c(C=O)nc43)ncc2C#N)C1. The summed E-state index contributed by atoms with van der Waals surface area (Å²) in [5.41, 5.74) is 3.27. The van der Waals surface area contributed by atoms with Crippen LogP contribution in [-0.2, 0) is 22.4 Å². The number of rotatable bonds is 6. The van der Waals surface area contributed by atoms with E-state index in [1.165, 1.54) is 6.20 Å². The van der Waals surface area contributed by atoms with Crippen LogP contribution in [-0.4, -0.2) is 79.4 Å². The van der Waals surface area contributed by atoms with E-state index in [9.17, 15) is 14.9 Å². The molecule has 0 radical (unpaired) electrons. The van der Waals surface area contributed by atoms with Crippen LogP contribution in [0.5, 0.6) is 0 Å². The van der Waals surface area contributed by atoms with Gasteiger partial charge in [-0.15, -0.1) is 0 Å². The molecular formula is C26H31N7O4. The Labute approximate surface area is 216 Å². The van der Waals surface area contributed by atoms with E-state index in [-0.39, 0.29) is 18.4 Å². The standard InChI is InChI=1S/C26H31N7O4/c1-17-31(8-9-37-17)14-19-10-18-4-3-6-33(25(18)29-22(19)16-34)26(35)30-24-11-23(20(12-27)13-28-24)32-7-5-21(15-32)36-2/h10-11,13,16-17,21H,3-9,14-15H2,1-2H3,(H,28,30,35).